The molecule has 0 saturated heterocycles. The number of rotatable bonds is 2. The van der Waals surface area contributed by atoms with Gasteiger partial charge in [0.2, 0.25) is 0 Å². The van der Waals surface area contributed by atoms with Crippen molar-refractivity contribution in [2.24, 2.45) is 5.41 Å². The van der Waals surface area contributed by atoms with E-state index in [-0.39, 0.29) is 11.2 Å². The maximum atomic E-state index is 12.4. The molecule has 1 aromatic heterocycles. The summed E-state index contributed by atoms with van der Waals surface area (Å²) in [5.74, 6) is 1.08. The summed E-state index contributed by atoms with van der Waals surface area (Å²) in [4.78, 5) is 12.4. The highest BCUT2D eigenvalue weighted by molar-refractivity contribution is 5.99. The van der Waals surface area contributed by atoms with Gasteiger partial charge < -0.3 is 9.30 Å². The Kier molecular flexibility index (Phi) is 3.16. The largest absolute Gasteiger partial charge is 0.497 e. The molecule has 1 aliphatic carbocycles. The van der Waals surface area contributed by atoms with Gasteiger partial charge in [-0.05, 0) is 37.0 Å². The van der Waals surface area contributed by atoms with Gasteiger partial charge in [0.05, 0.1) is 7.11 Å². The lowest BCUT2D eigenvalue weighted by Gasteiger charge is -2.30. The number of aromatic nitrogens is 1. The molecule has 1 aromatic carbocycles. The predicted molar refractivity (Wildman–Crippen MR) is 83.5 cm³/mol. The van der Waals surface area contributed by atoms with E-state index in [1.165, 1.54) is 0 Å². The Morgan fingerprint density at radius 1 is 1.19 bits per heavy atom. The zero-order valence-electron chi connectivity index (χ0n) is 13.1. The normalized spacial score (nSPS) is 16.7. The Morgan fingerprint density at radius 3 is 2.67 bits per heavy atom. The van der Waals surface area contributed by atoms with Crippen LogP contribution in [-0.4, -0.2) is 17.5 Å². The summed E-state index contributed by atoms with van der Waals surface area (Å²) in [5, 5.41) is 0. The molecule has 3 rings (SSSR count). The number of fused-ring (bicyclic) bond motifs is 1. The van der Waals surface area contributed by atoms with E-state index in [0.717, 1.165) is 34.8 Å². The third-order valence-electron chi connectivity index (χ3n) is 4.18. The fraction of sp³-hybridized carbons (Fsp3) is 0.389. The second-order valence-electron chi connectivity index (χ2n) is 6.62. The number of hydrogen-bond donors (Lipinski definition) is 0. The molecule has 0 aliphatic heterocycles. The fourth-order valence-corrected chi connectivity index (χ4v) is 3.26. The first-order valence-electron chi connectivity index (χ1n) is 7.30. The van der Waals surface area contributed by atoms with Crippen LogP contribution < -0.4 is 4.74 Å². The van der Waals surface area contributed by atoms with E-state index in [0.29, 0.717) is 6.42 Å². The molecule has 3 heteroatoms. The molecule has 0 spiro atoms. The lowest BCUT2D eigenvalue weighted by Crippen LogP contribution is -2.27. The van der Waals surface area contributed by atoms with Crippen molar-refractivity contribution >= 4 is 5.78 Å². The van der Waals surface area contributed by atoms with Crippen molar-refractivity contribution in [1.29, 1.82) is 0 Å². The van der Waals surface area contributed by atoms with Crippen LogP contribution in [0.3, 0.4) is 0 Å². The van der Waals surface area contributed by atoms with Gasteiger partial charge in [-0.1, -0.05) is 19.9 Å². The predicted octanol–water partition coefficient (Wildman–Crippen LogP) is 3.95. The molecule has 3 nitrogen and oxygen atoms in total. The van der Waals surface area contributed by atoms with Gasteiger partial charge in [-0.3, -0.25) is 4.79 Å². The van der Waals surface area contributed by atoms with Crippen molar-refractivity contribution in [1.82, 2.24) is 4.57 Å². The van der Waals surface area contributed by atoms with Crippen LogP contribution in [0.1, 0.15) is 42.0 Å². The molecular formula is C18H21NO2. The molecule has 1 heterocycles. The molecule has 110 valence electrons. The molecule has 0 radical (unpaired) electrons. The lowest BCUT2D eigenvalue weighted by molar-refractivity contribution is 0.0911. The highest BCUT2D eigenvalue weighted by Crippen LogP contribution is 2.37. The van der Waals surface area contributed by atoms with Crippen molar-refractivity contribution in [3.63, 3.8) is 0 Å². The number of benzene rings is 1. The van der Waals surface area contributed by atoms with Crippen LogP contribution in [0.25, 0.3) is 5.69 Å². The first kappa shape index (κ1) is 13.9. The summed E-state index contributed by atoms with van der Waals surface area (Å²) in [5.41, 5.74) is 4.18. The number of hydrogen-bond acceptors (Lipinski definition) is 2. The molecule has 0 bridgehead atoms. The van der Waals surface area contributed by atoms with Crippen molar-refractivity contribution in [2.45, 2.75) is 33.6 Å². The number of carbonyl (C=O) groups excluding carboxylic acids is 1. The summed E-state index contributed by atoms with van der Waals surface area (Å²) in [7, 11) is 1.67. The molecule has 0 unspecified atom stereocenters. The van der Waals surface area contributed by atoms with Gasteiger partial charge in [0.25, 0.3) is 0 Å². The Balaban J connectivity index is 2.18. The highest BCUT2D eigenvalue weighted by atomic mass is 16.5. The van der Waals surface area contributed by atoms with Gasteiger partial charge in [0.1, 0.15) is 5.75 Å². The molecule has 21 heavy (non-hydrogen) atoms. The Labute approximate surface area is 125 Å². The summed E-state index contributed by atoms with van der Waals surface area (Å²) < 4.78 is 7.51. The molecule has 0 amide bonds. The van der Waals surface area contributed by atoms with E-state index in [2.05, 4.69) is 31.4 Å². The molecule has 2 aromatic rings. The van der Waals surface area contributed by atoms with Gasteiger partial charge in [-0.25, -0.2) is 0 Å². The SMILES string of the molecule is COc1cccc(-n2c(C)cc3c2CC(C)(C)CC3=O)c1. The van der Waals surface area contributed by atoms with Crippen LogP contribution in [0.5, 0.6) is 5.75 Å². The average Bonchev–Trinajstić information content (AvgIpc) is 2.74. The standard InChI is InChI=1S/C18H21NO2/c1-12-8-15-16(10-18(2,3)11-17(15)20)19(12)13-6-5-7-14(9-13)21-4/h5-9H,10-11H2,1-4H3. The quantitative estimate of drug-likeness (QED) is 0.835. The highest BCUT2D eigenvalue weighted by Gasteiger charge is 2.34. The average molecular weight is 283 g/mol. The van der Waals surface area contributed by atoms with Crippen LogP contribution in [0, 0.1) is 12.3 Å². The van der Waals surface area contributed by atoms with Crippen LogP contribution in [-0.2, 0) is 6.42 Å². The summed E-state index contributed by atoms with van der Waals surface area (Å²) in [6, 6.07) is 10.0. The Hall–Kier alpha value is -2.03. The second kappa shape index (κ2) is 4.76. The second-order valence-corrected chi connectivity index (χ2v) is 6.62. The van der Waals surface area contributed by atoms with Crippen molar-refractivity contribution < 1.29 is 9.53 Å². The topological polar surface area (TPSA) is 31.2 Å². The summed E-state index contributed by atoms with van der Waals surface area (Å²) in [6.45, 7) is 6.37. The van der Waals surface area contributed by atoms with Crippen molar-refractivity contribution in [3.05, 3.63) is 47.3 Å². The fourth-order valence-electron chi connectivity index (χ4n) is 3.26. The van der Waals surface area contributed by atoms with Gasteiger partial charge in [-0.15, -0.1) is 0 Å². The number of carbonyl (C=O) groups is 1. The first-order valence-corrected chi connectivity index (χ1v) is 7.30. The number of ketones is 1. The summed E-state index contributed by atoms with van der Waals surface area (Å²) in [6.07, 6.45) is 1.54. The maximum absolute atomic E-state index is 12.4. The van der Waals surface area contributed by atoms with E-state index in [4.69, 9.17) is 4.74 Å². The van der Waals surface area contributed by atoms with Crippen LogP contribution >= 0.6 is 0 Å². The zero-order valence-corrected chi connectivity index (χ0v) is 13.1. The number of aryl methyl sites for hydroxylation is 1. The Bertz CT molecular complexity index is 710. The molecule has 0 saturated carbocycles. The number of Topliss-reactive ketones (excluding diaryl/α,β-unsaturated/α-hetero) is 1. The first-order chi connectivity index (χ1) is 9.91. The smallest absolute Gasteiger partial charge is 0.165 e. The van der Waals surface area contributed by atoms with Crippen molar-refractivity contribution in [2.75, 3.05) is 7.11 Å². The maximum Gasteiger partial charge on any atom is 0.165 e. The van der Waals surface area contributed by atoms with E-state index in [9.17, 15) is 4.79 Å². The van der Waals surface area contributed by atoms with E-state index in [1.807, 2.05) is 24.3 Å². The zero-order chi connectivity index (χ0) is 15.2. The minimum atomic E-state index is 0.0193. The van der Waals surface area contributed by atoms with Gasteiger partial charge in [-0.2, -0.15) is 0 Å². The van der Waals surface area contributed by atoms with E-state index >= 15 is 0 Å². The van der Waals surface area contributed by atoms with Crippen LogP contribution in [0.2, 0.25) is 0 Å². The molecule has 0 N–H and O–H groups in total. The number of nitrogens with zero attached hydrogens (tertiary/aromatic N) is 1. The van der Waals surface area contributed by atoms with E-state index < -0.39 is 0 Å². The lowest BCUT2D eigenvalue weighted by atomic mass is 9.76. The molecule has 1 aliphatic rings. The van der Waals surface area contributed by atoms with Gasteiger partial charge in [0.15, 0.2) is 5.78 Å². The minimum Gasteiger partial charge on any atom is -0.497 e. The van der Waals surface area contributed by atoms with E-state index in [1.54, 1.807) is 7.11 Å². The van der Waals surface area contributed by atoms with Gasteiger partial charge >= 0.3 is 0 Å². The molecular weight excluding hydrogens is 262 g/mol. The van der Waals surface area contributed by atoms with Crippen molar-refractivity contribution in [3.8, 4) is 11.4 Å². The Morgan fingerprint density at radius 2 is 1.95 bits per heavy atom. The molecule has 0 atom stereocenters. The minimum absolute atomic E-state index is 0.0193. The number of ether oxygens (including phenoxy) is 1. The summed E-state index contributed by atoms with van der Waals surface area (Å²) >= 11 is 0. The molecule has 0 fully saturated rings. The third-order valence-corrected chi connectivity index (χ3v) is 4.18. The third kappa shape index (κ3) is 2.37. The van der Waals surface area contributed by atoms with Crippen LogP contribution in [0.4, 0.5) is 0 Å². The number of methoxy groups -OCH3 is 1. The monoisotopic (exact) mass is 283 g/mol. The van der Waals surface area contributed by atoms with Gasteiger partial charge in [0, 0.05) is 35.1 Å². The van der Waals surface area contributed by atoms with Crippen LogP contribution in [0.15, 0.2) is 30.3 Å².